The third kappa shape index (κ3) is 4.06. The van der Waals surface area contributed by atoms with Crippen molar-refractivity contribution in [2.45, 2.75) is 5.92 Å². The van der Waals surface area contributed by atoms with Crippen molar-refractivity contribution < 1.29 is 28.2 Å². The Balaban J connectivity index is 2.47. The van der Waals surface area contributed by atoms with Crippen molar-refractivity contribution in [2.75, 3.05) is 26.2 Å². The van der Waals surface area contributed by atoms with Gasteiger partial charge >= 0.3 is 11.9 Å². The maximum absolute atomic E-state index is 14.0. The van der Waals surface area contributed by atoms with Crippen LogP contribution in [0.5, 0.6) is 0 Å². The predicted octanol–water partition coefficient (Wildman–Crippen LogP) is 2.08. The molecule has 174 valence electrons. The molecule has 34 heavy (non-hydrogen) atoms. The lowest BCUT2D eigenvalue weighted by molar-refractivity contribution is -0.139. The van der Waals surface area contributed by atoms with Crippen LogP contribution in [0, 0.1) is 17.1 Å². The van der Waals surface area contributed by atoms with Crippen LogP contribution in [0.4, 0.5) is 10.1 Å². The number of carbonyl (C=O) groups is 3. The van der Waals surface area contributed by atoms with Gasteiger partial charge in [-0.15, -0.1) is 0 Å². The summed E-state index contributed by atoms with van der Waals surface area (Å²) in [4.78, 5) is 39.7. The molecule has 1 atom stereocenters. The Morgan fingerprint density at radius 2 is 1.74 bits per heavy atom. The second-order valence-electron chi connectivity index (χ2n) is 7.08. The van der Waals surface area contributed by atoms with Gasteiger partial charge in [-0.1, -0.05) is 30.3 Å². The Morgan fingerprint density at radius 3 is 2.29 bits per heavy atom. The molecule has 0 radical (unpaired) electrons. The van der Waals surface area contributed by atoms with Crippen LogP contribution in [0.3, 0.4) is 0 Å². The first-order chi connectivity index (χ1) is 16.3. The molecule has 0 saturated carbocycles. The number of amides is 1. The molecule has 1 unspecified atom stereocenters. The molecule has 3 rings (SSSR count). The van der Waals surface area contributed by atoms with Gasteiger partial charge in [-0.3, -0.25) is 9.69 Å². The van der Waals surface area contributed by atoms with Crippen molar-refractivity contribution in [3.8, 4) is 6.07 Å². The number of hydrogen-bond acceptors (Lipinski definition) is 8. The third-order valence-electron chi connectivity index (χ3n) is 5.28. The van der Waals surface area contributed by atoms with Crippen LogP contribution in [-0.2, 0) is 19.1 Å². The molecule has 1 aliphatic rings. The lowest BCUT2D eigenvalue weighted by Crippen LogP contribution is -2.41. The van der Waals surface area contributed by atoms with Gasteiger partial charge in [0.05, 0.1) is 48.6 Å². The molecule has 0 saturated heterocycles. The number of allylic oxidation sites excluding steroid dienone is 1. The normalized spacial score (nSPS) is 15.5. The third-order valence-corrected chi connectivity index (χ3v) is 5.28. The zero-order chi connectivity index (χ0) is 25.0. The number of ether oxygens (including phenoxy) is 2. The summed E-state index contributed by atoms with van der Waals surface area (Å²) in [5.41, 5.74) is 5.99. The van der Waals surface area contributed by atoms with Gasteiger partial charge in [-0.2, -0.15) is 5.26 Å². The molecule has 0 aliphatic carbocycles. The molecular formula is C24H21FN4O5. The standard InChI is InChI=1S/C24H21FN4O5/c1-28-22(30)15-11-14(25)9-10-17(15)29-20(24(32)34-3)19(23(31)33-2)18(16(12-26)21(29)27)13-7-5-4-6-8-13/h4-11,18H,27H2,1-3H3,(H,28,30). The van der Waals surface area contributed by atoms with Gasteiger partial charge in [0.15, 0.2) is 0 Å². The van der Waals surface area contributed by atoms with Crippen LogP contribution in [0.15, 0.2) is 71.2 Å². The van der Waals surface area contributed by atoms with Gasteiger partial charge in [0.1, 0.15) is 17.3 Å². The highest BCUT2D eigenvalue weighted by molar-refractivity contribution is 6.08. The van der Waals surface area contributed by atoms with Gasteiger partial charge < -0.3 is 20.5 Å². The Morgan fingerprint density at radius 1 is 1.09 bits per heavy atom. The summed E-state index contributed by atoms with van der Waals surface area (Å²) in [6.45, 7) is 0. The monoisotopic (exact) mass is 464 g/mol. The molecule has 1 heterocycles. The van der Waals surface area contributed by atoms with Crippen LogP contribution >= 0.6 is 0 Å². The van der Waals surface area contributed by atoms with E-state index in [-0.39, 0.29) is 33.9 Å². The fourth-order valence-corrected chi connectivity index (χ4v) is 3.78. The average Bonchev–Trinajstić information content (AvgIpc) is 2.87. The Kier molecular flexibility index (Phi) is 6.97. The number of nitriles is 1. The van der Waals surface area contributed by atoms with Crippen LogP contribution in [0.2, 0.25) is 0 Å². The fourth-order valence-electron chi connectivity index (χ4n) is 3.78. The number of hydrogen-bond donors (Lipinski definition) is 2. The van der Waals surface area contributed by atoms with Crippen molar-refractivity contribution in [2.24, 2.45) is 5.73 Å². The van der Waals surface area contributed by atoms with E-state index in [1.165, 1.54) is 13.1 Å². The number of nitrogens with two attached hydrogens (primary N) is 1. The van der Waals surface area contributed by atoms with E-state index in [4.69, 9.17) is 15.2 Å². The van der Waals surface area contributed by atoms with Gasteiger partial charge in [-0.05, 0) is 23.8 Å². The largest absolute Gasteiger partial charge is 0.466 e. The number of halogens is 1. The molecule has 3 N–H and O–H groups in total. The van der Waals surface area contributed by atoms with E-state index in [1.807, 2.05) is 6.07 Å². The van der Waals surface area contributed by atoms with E-state index >= 15 is 0 Å². The zero-order valence-electron chi connectivity index (χ0n) is 18.6. The smallest absolute Gasteiger partial charge is 0.355 e. The minimum absolute atomic E-state index is 0.0423. The predicted molar refractivity (Wildman–Crippen MR) is 119 cm³/mol. The zero-order valence-corrected chi connectivity index (χ0v) is 18.6. The first-order valence-corrected chi connectivity index (χ1v) is 9.97. The van der Waals surface area contributed by atoms with E-state index in [0.29, 0.717) is 5.56 Å². The highest BCUT2D eigenvalue weighted by Crippen LogP contribution is 2.43. The van der Waals surface area contributed by atoms with Gasteiger partial charge in [0.25, 0.3) is 5.91 Å². The topological polar surface area (TPSA) is 135 Å². The van der Waals surface area contributed by atoms with Crippen LogP contribution in [-0.4, -0.2) is 39.1 Å². The first-order valence-electron chi connectivity index (χ1n) is 9.97. The molecule has 0 aromatic heterocycles. The van der Waals surface area contributed by atoms with Crippen molar-refractivity contribution in [1.29, 1.82) is 5.26 Å². The van der Waals surface area contributed by atoms with Gasteiger partial charge in [-0.25, -0.2) is 14.0 Å². The van der Waals surface area contributed by atoms with E-state index in [0.717, 1.165) is 31.3 Å². The maximum atomic E-state index is 14.0. The summed E-state index contributed by atoms with van der Waals surface area (Å²) in [6, 6.07) is 13.7. The lowest BCUT2D eigenvalue weighted by Gasteiger charge is -2.36. The molecule has 10 heteroatoms. The lowest BCUT2D eigenvalue weighted by atomic mass is 9.80. The second kappa shape index (κ2) is 9.87. The number of nitrogens with one attached hydrogen (secondary N) is 1. The number of rotatable bonds is 5. The van der Waals surface area contributed by atoms with Crippen LogP contribution in [0.25, 0.3) is 0 Å². The number of nitrogens with zero attached hydrogens (tertiary/aromatic N) is 2. The average molecular weight is 464 g/mol. The van der Waals surface area contributed by atoms with Crippen molar-refractivity contribution in [3.63, 3.8) is 0 Å². The Hall–Kier alpha value is -4.65. The van der Waals surface area contributed by atoms with E-state index in [1.54, 1.807) is 30.3 Å². The summed E-state index contributed by atoms with van der Waals surface area (Å²) >= 11 is 0. The molecule has 0 bridgehead atoms. The molecule has 9 nitrogen and oxygen atoms in total. The number of benzene rings is 2. The summed E-state index contributed by atoms with van der Waals surface area (Å²) in [6.07, 6.45) is 0. The minimum atomic E-state index is -1.06. The van der Waals surface area contributed by atoms with Crippen molar-refractivity contribution >= 4 is 23.5 Å². The van der Waals surface area contributed by atoms with Crippen LogP contribution < -0.4 is 16.0 Å². The quantitative estimate of drug-likeness (QED) is 0.643. The van der Waals surface area contributed by atoms with Crippen LogP contribution in [0.1, 0.15) is 21.8 Å². The van der Waals surface area contributed by atoms with Gasteiger partial charge in [0.2, 0.25) is 0 Å². The molecule has 0 fully saturated rings. The highest BCUT2D eigenvalue weighted by Gasteiger charge is 2.43. The van der Waals surface area contributed by atoms with Crippen molar-refractivity contribution in [3.05, 3.63) is 88.1 Å². The molecule has 2 aromatic rings. The number of anilines is 1. The summed E-state index contributed by atoms with van der Waals surface area (Å²) in [7, 11) is 3.57. The Labute approximate surface area is 194 Å². The minimum Gasteiger partial charge on any atom is -0.466 e. The Bertz CT molecular complexity index is 1260. The van der Waals surface area contributed by atoms with Crippen molar-refractivity contribution in [1.82, 2.24) is 5.32 Å². The summed E-state index contributed by atoms with van der Waals surface area (Å²) in [5, 5.41) is 12.4. The maximum Gasteiger partial charge on any atom is 0.355 e. The molecule has 1 aliphatic heterocycles. The summed E-state index contributed by atoms with van der Waals surface area (Å²) < 4.78 is 23.9. The van der Waals surface area contributed by atoms with E-state index in [2.05, 4.69) is 5.32 Å². The fraction of sp³-hybridized carbons (Fsp3) is 0.167. The molecular weight excluding hydrogens is 443 g/mol. The van der Waals surface area contributed by atoms with E-state index < -0.39 is 29.6 Å². The SMILES string of the molecule is CNC(=O)c1cc(F)ccc1N1C(N)=C(C#N)C(c2ccccc2)C(C(=O)OC)=C1C(=O)OC. The highest BCUT2D eigenvalue weighted by atomic mass is 19.1. The summed E-state index contributed by atoms with van der Waals surface area (Å²) in [5.74, 6) is -4.60. The first kappa shape index (κ1) is 24.0. The number of methoxy groups -OCH3 is 2. The second-order valence-corrected chi connectivity index (χ2v) is 7.08. The molecule has 0 spiro atoms. The number of esters is 2. The molecule has 2 aromatic carbocycles. The molecule has 1 amide bonds. The van der Waals surface area contributed by atoms with Gasteiger partial charge in [0, 0.05) is 7.05 Å². The number of carbonyl (C=O) groups excluding carboxylic acids is 3. The van der Waals surface area contributed by atoms with E-state index in [9.17, 15) is 24.0 Å².